The molecule has 2 fully saturated rings. The topological polar surface area (TPSA) is 46.5 Å². The molecule has 0 aromatic rings. The first-order chi connectivity index (χ1) is 7.54. The lowest BCUT2D eigenvalue weighted by atomic mass is 9.65. The van der Waals surface area contributed by atoms with Gasteiger partial charge in [-0.2, -0.15) is 0 Å². The first-order valence-electron chi connectivity index (χ1n) is 6.10. The average Bonchev–Trinajstić information content (AvgIpc) is 2.49. The summed E-state index contributed by atoms with van der Waals surface area (Å²) in [5.74, 6) is -0.226. The summed E-state index contributed by atoms with van der Waals surface area (Å²) in [4.78, 5) is 12.1. The van der Waals surface area contributed by atoms with Crippen LogP contribution >= 0.6 is 0 Å². The van der Waals surface area contributed by atoms with E-state index in [1.54, 1.807) is 6.92 Å². The molecule has 0 heterocycles. The van der Waals surface area contributed by atoms with Gasteiger partial charge in [0.05, 0.1) is 12.2 Å². The van der Waals surface area contributed by atoms with Gasteiger partial charge in [-0.15, -0.1) is 0 Å². The molecule has 2 saturated carbocycles. The molecule has 0 saturated heterocycles. The van der Waals surface area contributed by atoms with E-state index in [1.807, 2.05) is 0 Å². The van der Waals surface area contributed by atoms with Crippen LogP contribution in [0.1, 0.15) is 45.4 Å². The van der Waals surface area contributed by atoms with E-state index in [1.165, 1.54) is 0 Å². The summed E-state index contributed by atoms with van der Waals surface area (Å²) in [5.41, 5.74) is -0.607. The van der Waals surface area contributed by atoms with Crippen LogP contribution in [0.15, 0.2) is 12.2 Å². The van der Waals surface area contributed by atoms with Gasteiger partial charge in [-0.25, -0.2) is 0 Å². The highest BCUT2D eigenvalue weighted by molar-refractivity contribution is 5.80. The predicted molar refractivity (Wildman–Crippen MR) is 60.9 cm³/mol. The number of hydrogen-bond donors (Lipinski definition) is 1. The highest BCUT2D eigenvalue weighted by atomic mass is 16.5. The van der Waals surface area contributed by atoms with Crippen molar-refractivity contribution in [2.75, 3.05) is 6.61 Å². The second kappa shape index (κ2) is 3.88. The van der Waals surface area contributed by atoms with Crippen LogP contribution in [-0.2, 0) is 9.53 Å². The molecule has 2 unspecified atom stereocenters. The van der Waals surface area contributed by atoms with Crippen molar-refractivity contribution in [2.45, 2.75) is 51.0 Å². The molecule has 1 N–H and O–H groups in total. The van der Waals surface area contributed by atoms with Gasteiger partial charge in [0.1, 0.15) is 5.41 Å². The Bertz CT molecular complexity index is 323. The predicted octanol–water partition coefficient (Wildman–Crippen LogP) is 2.19. The molecule has 0 aromatic carbocycles. The quantitative estimate of drug-likeness (QED) is 0.577. The Morgan fingerprint density at radius 3 is 2.81 bits per heavy atom. The van der Waals surface area contributed by atoms with Crippen LogP contribution in [0.4, 0.5) is 0 Å². The normalized spacial score (nSPS) is 38.2. The fraction of sp³-hybridized carbons (Fsp3) is 0.769. The molecule has 0 spiro atoms. The van der Waals surface area contributed by atoms with Crippen LogP contribution in [0.3, 0.4) is 0 Å². The van der Waals surface area contributed by atoms with Gasteiger partial charge < -0.3 is 9.84 Å². The standard InChI is InChI=1S/C13H20O3/c1-3-16-11(14)12-6-4-5-7-13(12,15)9-10(2)8-12/h15H,2-9H2,1H3. The lowest BCUT2D eigenvalue weighted by Gasteiger charge is -2.43. The number of esters is 1. The van der Waals surface area contributed by atoms with Crippen LogP contribution in [0.2, 0.25) is 0 Å². The Balaban J connectivity index is 2.33. The number of carbonyl (C=O) groups is 1. The Kier molecular flexibility index (Phi) is 2.82. The van der Waals surface area contributed by atoms with E-state index in [0.717, 1.165) is 24.8 Å². The van der Waals surface area contributed by atoms with Gasteiger partial charge in [0.15, 0.2) is 0 Å². The second-order valence-corrected chi connectivity index (χ2v) is 5.14. The Labute approximate surface area is 96.5 Å². The van der Waals surface area contributed by atoms with Gasteiger partial charge in [-0.3, -0.25) is 4.79 Å². The van der Waals surface area contributed by atoms with Crippen LogP contribution in [0.25, 0.3) is 0 Å². The maximum atomic E-state index is 12.1. The molecule has 16 heavy (non-hydrogen) atoms. The highest BCUT2D eigenvalue weighted by Gasteiger charge is 2.61. The SMILES string of the molecule is C=C1CC2(O)CCCCC2(C(=O)OCC)C1. The minimum atomic E-state index is -0.894. The van der Waals surface area contributed by atoms with Crippen molar-refractivity contribution in [2.24, 2.45) is 5.41 Å². The summed E-state index contributed by atoms with van der Waals surface area (Å²) in [6.45, 7) is 6.13. The molecule has 2 rings (SSSR count). The van der Waals surface area contributed by atoms with Crippen molar-refractivity contribution in [1.82, 2.24) is 0 Å². The monoisotopic (exact) mass is 224 g/mol. The number of hydrogen-bond acceptors (Lipinski definition) is 3. The minimum Gasteiger partial charge on any atom is -0.465 e. The summed E-state index contributed by atoms with van der Waals surface area (Å²) < 4.78 is 5.16. The molecule has 2 aliphatic carbocycles. The Morgan fingerprint density at radius 2 is 2.12 bits per heavy atom. The molecule has 2 aliphatic rings. The van der Waals surface area contributed by atoms with Crippen LogP contribution in [-0.4, -0.2) is 23.3 Å². The largest absolute Gasteiger partial charge is 0.465 e. The third-order valence-electron chi connectivity index (χ3n) is 4.10. The lowest BCUT2D eigenvalue weighted by molar-refractivity contribution is -0.177. The zero-order chi connectivity index (χ0) is 11.8. The maximum Gasteiger partial charge on any atom is 0.315 e. The highest BCUT2D eigenvalue weighted by Crippen LogP contribution is 2.57. The van der Waals surface area contributed by atoms with E-state index >= 15 is 0 Å². The van der Waals surface area contributed by atoms with Crippen molar-refractivity contribution in [3.05, 3.63) is 12.2 Å². The smallest absolute Gasteiger partial charge is 0.315 e. The van der Waals surface area contributed by atoms with Crippen molar-refractivity contribution in [3.8, 4) is 0 Å². The molecule has 0 bridgehead atoms. The molecule has 3 nitrogen and oxygen atoms in total. The van der Waals surface area contributed by atoms with Crippen LogP contribution < -0.4 is 0 Å². The lowest BCUT2D eigenvalue weighted by Crippen LogP contribution is -2.52. The van der Waals surface area contributed by atoms with E-state index in [4.69, 9.17) is 4.74 Å². The molecular formula is C13H20O3. The molecule has 2 atom stereocenters. The fourth-order valence-corrected chi connectivity index (χ4v) is 3.36. The van der Waals surface area contributed by atoms with Gasteiger partial charge in [0.2, 0.25) is 0 Å². The summed E-state index contributed by atoms with van der Waals surface area (Å²) in [7, 11) is 0. The van der Waals surface area contributed by atoms with Crippen molar-refractivity contribution in [1.29, 1.82) is 0 Å². The Morgan fingerprint density at radius 1 is 1.44 bits per heavy atom. The zero-order valence-electron chi connectivity index (χ0n) is 9.92. The van der Waals surface area contributed by atoms with Gasteiger partial charge in [0, 0.05) is 0 Å². The van der Waals surface area contributed by atoms with E-state index in [0.29, 0.717) is 25.9 Å². The number of carbonyl (C=O) groups excluding carboxylic acids is 1. The average molecular weight is 224 g/mol. The molecule has 0 radical (unpaired) electrons. The van der Waals surface area contributed by atoms with Gasteiger partial charge in [-0.1, -0.05) is 25.0 Å². The minimum absolute atomic E-state index is 0.226. The maximum absolute atomic E-state index is 12.1. The molecule has 0 amide bonds. The summed E-state index contributed by atoms with van der Waals surface area (Å²) >= 11 is 0. The van der Waals surface area contributed by atoms with Crippen molar-refractivity contribution >= 4 is 5.97 Å². The first-order valence-corrected chi connectivity index (χ1v) is 6.10. The van der Waals surface area contributed by atoms with E-state index in [-0.39, 0.29) is 5.97 Å². The fourth-order valence-electron chi connectivity index (χ4n) is 3.36. The summed E-state index contributed by atoms with van der Waals surface area (Å²) in [5, 5.41) is 10.7. The second-order valence-electron chi connectivity index (χ2n) is 5.14. The third kappa shape index (κ3) is 1.49. The Hall–Kier alpha value is -0.830. The molecule has 0 aliphatic heterocycles. The summed E-state index contributed by atoms with van der Waals surface area (Å²) in [6, 6.07) is 0. The molecular weight excluding hydrogens is 204 g/mol. The summed E-state index contributed by atoms with van der Waals surface area (Å²) in [6.07, 6.45) is 4.58. The van der Waals surface area contributed by atoms with E-state index in [9.17, 15) is 9.90 Å². The number of fused-ring (bicyclic) bond motifs is 1. The number of rotatable bonds is 2. The van der Waals surface area contributed by atoms with Crippen molar-refractivity contribution < 1.29 is 14.6 Å². The van der Waals surface area contributed by atoms with Crippen LogP contribution in [0, 0.1) is 5.41 Å². The number of aliphatic hydroxyl groups is 1. The van der Waals surface area contributed by atoms with Crippen LogP contribution in [0.5, 0.6) is 0 Å². The van der Waals surface area contributed by atoms with Crippen molar-refractivity contribution in [3.63, 3.8) is 0 Å². The van der Waals surface area contributed by atoms with E-state index in [2.05, 4.69) is 6.58 Å². The molecule has 3 heteroatoms. The van der Waals surface area contributed by atoms with E-state index < -0.39 is 11.0 Å². The molecule has 0 aromatic heterocycles. The molecule has 90 valence electrons. The van der Waals surface area contributed by atoms with Gasteiger partial charge in [-0.05, 0) is 32.6 Å². The van der Waals surface area contributed by atoms with Gasteiger partial charge >= 0.3 is 5.97 Å². The number of ether oxygens (including phenoxy) is 1. The first kappa shape index (κ1) is 11.6. The zero-order valence-corrected chi connectivity index (χ0v) is 9.92. The van der Waals surface area contributed by atoms with Gasteiger partial charge in [0.25, 0.3) is 0 Å². The third-order valence-corrected chi connectivity index (χ3v) is 4.10.